The van der Waals surface area contributed by atoms with Crippen LogP contribution in [0.3, 0.4) is 0 Å². The molecule has 7 heteroatoms. The Morgan fingerprint density at radius 3 is 2.53 bits per heavy atom. The van der Waals surface area contributed by atoms with Gasteiger partial charge in [0.15, 0.2) is 0 Å². The highest BCUT2D eigenvalue weighted by molar-refractivity contribution is 9.10. The van der Waals surface area contributed by atoms with Crippen LogP contribution in [0.25, 0.3) is 0 Å². The van der Waals surface area contributed by atoms with E-state index in [1.807, 2.05) is 0 Å². The van der Waals surface area contributed by atoms with Crippen molar-refractivity contribution in [2.24, 2.45) is 5.92 Å². The average molecular weight is 350 g/mol. The number of benzene rings is 1. The van der Waals surface area contributed by atoms with E-state index in [1.54, 1.807) is 25.1 Å². The van der Waals surface area contributed by atoms with E-state index >= 15 is 0 Å². The number of carbonyl (C=O) groups is 2. The first-order valence-electron chi connectivity index (χ1n) is 5.56. The van der Waals surface area contributed by atoms with Gasteiger partial charge in [0.25, 0.3) is 0 Å². The van der Waals surface area contributed by atoms with E-state index in [9.17, 15) is 9.59 Å². The number of carboxylic acids is 1. The molecule has 1 aromatic rings. The van der Waals surface area contributed by atoms with Crippen LogP contribution < -0.4 is 10.6 Å². The Bertz CT molecular complexity index is 496. The second-order valence-electron chi connectivity index (χ2n) is 4.14. The summed E-state index contributed by atoms with van der Waals surface area (Å²) in [6.45, 7) is 3.17. The van der Waals surface area contributed by atoms with Crippen molar-refractivity contribution in [1.82, 2.24) is 5.32 Å². The summed E-state index contributed by atoms with van der Waals surface area (Å²) in [5.41, 5.74) is 0.553. The van der Waals surface area contributed by atoms with Gasteiger partial charge in [0.05, 0.1) is 11.6 Å². The molecule has 104 valence electrons. The zero-order valence-electron chi connectivity index (χ0n) is 10.4. The Hall–Kier alpha value is -1.27. The third kappa shape index (κ3) is 4.72. The molecule has 1 rings (SSSR count). The van der Waals surface area contributed by atoms with Crippen LogP contribution in [0, 0.1) is 5.92 Å². The maximum Gasteiger partial charge on any atom is 0.319 e. The molecular weight excluding hydrogens is 336 g/mol. The molecule has 0 spiro atoms. The predicted octanol–water partition coefficient (Wildman–Crippen LogP) is 3.33. The van der Waals surface area contributed by atoms with E-state index in [1.165, 1.54) is 6.92 Å². The number of halogens is 2. The fourth-order valence-corrected chi connectivity index (χ4v) is 2.08. The summed E-state index contributed by atoms with van der Waals surface area (Å²) in [6.07, 6.45) is 0. The summed E-state index contributed by atoms with van der Waals surface area (Å²) in [5, 5.41) is 14.6. The lowest BCUT2D eigenvalue weighted by Crippen LogP contribution is -2.42. The van der Waals surface area contributed by atoms with Gasteiger partial charge >= 0.3 is 12.0 Å². The fourth-order valence-electron chi connectivity index (χ4n) is 1.29. The normalized spacial score (nSPS) is 13.5. The number of aliphatic carboxylic acids is 1. The minimum absolute atomic E-state index is 0.469. The highest BCUT2D eigenvalue weighted by atomic mass is 79.9. The van der Waals surface area contributed by atoms with Crippen molar-refractivity contribution in [1.29, 1.82) is 0 Å². The summed E-state index contributed by atoms with van der Waals surface area (Å²) in [6, 6.07) is 4.00. The lowest BCUT2D eigenvalue weighted by atomic mass is 10.0. The summed E-state index contributed by atoms with van der Waals surface area (Å²) in [4.78, 5) is 22.5. The highest BCUT2D eigenvalue weighted by Crippen LogP contribution is 2.25. The van der Waals surface area contributed by atoms with Crippen molar-refractivity contribution >= 4 is 45.2 Å². The molecule has 0 aromatic heterocycles. The van der Waals surface area contributed by atoms with Gasteiger partial charge in [0.2, 0.25) is 0 Å². The molecule has 0 aliphatic carbocycles. The van der Waals surface area contributed by atoms with Crippen molar-refractivity contribution in [3.63, 3.8) is 0 Å². The van der Waals surface area contributed by atoms with Crippen LogP contribution in [0.1, 0.15) is 13.8 Å². The number of rotatable bonds is 4. The van der Waals surface area contributed by atoms with Crippen LogP contribution in [0.4, 0.5) is 10.5 Å². The molecule has 2 atom stereocenters. The monoisotopic (exact) mass is 348 g/mol. The molecule has 0 aliphatic rings. The second kappa shape index (κ2) is 6.77. The molecule has 3 N–H and O–H groups in total. The van der Waals surface area contributed by atoms with Crippen LogP contribution in [-0.2, 0) is 4.79 Å². The number of anilines is 1. The average Bonchev–Trinajstić information content (AvgIpc) is 2.31. The van der Waals surface area contributed by atoms with Gasteiger partial charge in [0, 0.05) is 15.5 Å². The Labute approximate surface area is 124 Å². The Morgan fingerprint density at radius 2 is 2.00 bits per heavy atom. The fraction of sp³-hybridized carbons (Fsp3) is 0.333. The molecule has 0 aliphatic heterocycles. The molecule has 0 fully saturated rings. The van der Waals surface area contributed by atoms with Crippen LogP contribution in [0.15, 0.2) is 22.7 Å². The van der Waals surface area contributed by atoms with Crippen LogP contribution in [0.2, 0.25) is 5.02 Å². The van der Waals surface area contributed by atoms with Crippen molar-refractivity contribution < 1.29 is 14.7 Å². The van der Waals surface area contributed by atoms with Gasteiger partial charge in [-0.25, -0.2) is 4.79 Å². The van der Waals surface area contributed by atoms with E-state index in [0.717, 1.165) is 0 Å². The lowest BCUT2D eigenvalue weighted by molar-refractivity contribution is -0.141. The zero-order valence-corrected chi connectivity index (χ0v) is 12.7. The maximum absolute atomic E-state index is 11.7. The summed E-state index contributed by atoms with van der Waals surface area (Å²) >= 11 is 9.06. The number of carboxylic acid groups (broad SMARTS) is 1. The second-order valence-corrected chi connectivity index (χ2v) is 5.43. The quantitative estimate of drug-likeness (QED) is 0.780. The maximum atomic E-state index is 11.7. The number of nitrogens with one attached hydrogen (secondary N) is 2. The smallest absolute Gasteiger partial charge is 0.319 e. The van der Waals surface area contributed by atoms with Gasteiger partial charge in [0.1, 0.15) is 0 Å². The third-order valence-corrected chi connectivity index (χ3v) is 3.57. The summed E-state index contributed by atoms with van der Waals surface area (Å²) in [5.74, 6) is -1.63. The molecule has 2 unspecified atom stereocenters. The van der Waals surface area contributed by atoms with Crippen molar-refractivity contribution in [2.75, 3.05) is 5.32 Å². The first-order chi connectivity index (χ1) is 8.81. The minimum atomic E-state index is -0.958. The minimum Gasteiger partial charge on any atom is -0.481 e. The molecule has 0 radical (unpaired) electrons. The van der Waals surface area contributed by atoms with E-state index in [2.05, 4.69) is 26.6 Å². The van der Waals surface area contributed by atoms with Crippen LogP contribution >= 0.6 is 27.5 Å². The number of carbonyl (C=O) groups excluding carboxylic acids is 1. The van der Waals surface area contributed by atoms with E-state index in [4.69, 9.17) is 16.7 Å². The van der Waals surface area contributed by atoms with Gasteiger partial charge < -0.3 is 15.7 Å². The van der Waals surface area contributed by atoms with Gasteiger partial charge in [-0.05, 0) is 48.0 Å². The molecule has 1 aromatic carbocycles. The largest absolute Gasteiger partial charge is 0.481 e. The standard InChI is InChI=1S/C12H14BrClN2O3/c1-6(11(17)18)7(2)15-12(19)16-10-4-3-8(14)5-9(10)13/h3-7H,1-2H3,(H,17,18)(H2,15,16,19). The zero-order chi connectivity index (χ0) is 14.6. The molecule has 0 saturated carbocycles. The van der Waals surface area contributed by atoms with Crippen LogP contribution in [0.5, 0.6) is 0 Å². The molecule has 19 heavy (non-hydrogen) atoms. The van der Waals surface area contributed by atoms with Gasteiger partial charge in [-0.3, -0.25) is 4.79 Å². The molecule has 2 amide bonds. The Kier molecular flexibility index (Phi) is 5.62. The Morgan fingerprint density at radius 1 is 1.37 bits per heavy atom. The lowest BCUT2D eigenvalue weighted by Gasteiger charge is -2.18. The predicted molar refractivity (Wildman–Crippen MR) is 77.6 cm³/mol. The number of amides is 2. The molecule has 5 nitrogen and oxygen atoms in total. The first kappa shape index (κ1) is 15.8. The van der Waals surface area contributed by atoms with Crippen molar-refractivity contribution in [3.05, 3.63) is 27.7 Å². The summed E-state index contributed by atoms with van der Waals surface area (Å²) in [7, 11) is 0. The number of hydrogen-bond donors (Lipinski definition) is 3. The van der Waals surface area contributed by atoms with E-state index in [-0.39, 0.29) is 0 Å². The highest BCUT2D eigenvalue weighted by Gasteiger charge is 2.21. The molecule has 0 bridgehead atoms. The number of urea groups is 1. The SMILES string of the molecule is CC(NC(=O)Nc1ccc(Cl)cc1Br)C(C)C(=O)O. The van der Waals surface area contributed by atoms with E-state index < -0.39 is 24.0 Å². The molecule has 0 saturated heterocycles. The number of hydrogen-bond acceptors (Lipinski definition) is 2. The molecular formula is C12H14BrClN2O3. The van der Waals surface area contributed by atoms with Gasteiger partial charge in [-0.1, -0.05) is 11.6 Å². The van der Waals surface area contributed by atoms with Crippen LogP contribution in [-0.4, -0.2) is 23.1 Å². The topological polar surface area (TPSA) is 78.4 Å². The Balaban J connectivity index is 2.63. The first-order valence-corrected chi connectivity index (χ1v) is 6.73. The van der Waals surface area contributed by atoms with Crippen molar-refractivity contribution in [3.8, 4) is 0 Å². The van der Waals surface area contributed by atoms with E-state index in [0.29, 0.717) is 15.2 Å². The summed E-state index contributed by atoms with van der Waals surface area (Å²) < 4.78 is 0.647. The van der Waals surface area contributed by atoms with Gasteiger partial charge in [-0.2, -0.15) is 0 Å². The molecule has 0 heterocycles. The van der Waals surface area contributed by atoms with Crippen molar-refractivity contribution in [2.45, 2.75) is 19.9 Å². The van der Waals surface area contributed by atoms with Gasteiger partial charge in [-0.15, -0.1) is 0 Å². The third-order valence-electron chi connectivity index (χ3n) is 2.68.